The number of pyridine rings is 1. The number of esters is 1. The van der Waals surface area contributed by atoms with Crippen LogP contribution in [0.1, 0.15) is 42.5 Å². The van der Waals surface area contributed by atoms with Gasteiger partial charge < -0.3 is 48.8 Å². The smallest absolute Gasteiger partial charge is 0.344 e. The highest BCUT2D eigenvalue weighted by molar-refractivity contribution is 6.31. The van der Waals surface area contributed by atoms with Gasteiger partial charge in [0.15, 0.2) is 25.6 Å². The van der Waals surface area contributed by atoms with E-state index in [-0.39, 0.29) is 58.5 Å². The van der Waals surface area contributed by atoms with Gasteiger partial charge in [0, 0.05) is 30.2 Å². The number of carbonyl (C=O) groups excluding carboxylic acids is 3. The number of ether oxygens (including phenoxy) is 3. The molecule has 0 aliphatic heterocycles. The first kappa shape index (κ1) is 34.6. The third-order valence-electron chi connectivity index (χ3n) is 8.03. The van der Waals surface area contributed by atoms with Crippen LogP contribution in [0.25, 0.3) is 0 Å². The van der Waals surface area contributed by atoms with Crippen molar-refractivity contribution in [2.75, 3.05) is 13.2 Å². The lowest BCUT2D eigenvalue weighted by Crippen LogP contribution is -3.00. The molecule has 240 valence electrons. The van der Waals surface area contributed by atoms with Crippen molar-refractivity contribution >= 4 is 41.0 Å². The SMILES string of the molecule is C[n+]1cccc(C(=O)O[C@H]2CC3(NC(=O)COc4ccc(Cl)c(F)c4)CCC2(NC(=O)COc2ccc(Cl)c(F)c2)CC3)c1.[I-]. The molecule has 3 aliphatic carbocycles. The van der Waals surface area contributed by atoms with Crippen LogP contribution >= 0.6 is 23.2 Å². The van der Waals surface area contributed by atoms with Gasteiger partial charge in [0.1, 0.15) is 41.8 Å². The number of amides is 2. The van der Waals surface area contributed by atoms with E-state index in [9.17, 15) is 23.2 Å². The number of benzene rings is 2. The molecule has 6 rings (SSSR count). The summed E-state index contributed by atoms with van der Waals surface area (Å²) in [5.41, 5.74) is -1.31. The van der Waals surface area contributed by atoms with Crippen LogP contribution in [0, 0.1) is 11.6 Å². The Morgan fingerprint density at radius 3 is 1.98 bits per heavy atom. The predicted octanol–water partition coefficient (Wildman–Crippen LogP) is 1.47. The van der Waals surface area contributed by atoms with E-state index in [1.54, 1.807) is 36.1 Å². The summed E-state index contributed by atoms with van der Waals surface area (Å²) in [5, 5.41) is 5.92. The molecule has 2 bridgehead atoms. The molecule has 14 heteroatoms. The van der Waals surface area contributed by atoms with Gasteiger partial charge >= 0.3 is 5.97 Å². The van der Waals surface area contributed by atoms with Crippen molar-refractivity contribution < 1.29 is 65.9 Å². The molecule has 1 atom stereocenters. The van der Waals surface area contributed by atoms with Gasteiger partial charge in [-0.2, -0.15) is 0 Å². The minimum atomic E-state index is -0.915. The maximum Gasteiger partial charge on any atom is 0.344 e. The molecule has 0 radical (unpaired) electrons. The highest BCUT2D eigenvalue weighted by atomic mass is 127. The van der Waals surface area contributed by atoms with Crippen molar-refractivity contribution in [2.24, 2.45) is 7.05 Å². The van der Waals surface area contributed by atoms with Crippen LogP contribution in [0.3, 0.4) is 0 Å². The molecule has 0 unspecified atom stereocenters. The van der Waals surface area contributed by atoms with Gasteiger partial charge in [-0.3, -0.25) is 9.59 Å². The molecule has 2 amide bonds. The van der Waals surface area contributed by atoms with Gasteiger partial charge in [0.2, 0.25) is 0 Å². The number of aryl methyl sites for hydroxylation is 1. The minimum Gasteiger partial charge on any atom is -1.00 e. The molecule has 0 saturated heterocycles. The van der Waals surface area contributed by atoms with Crippen LogP contribution < -0.4 is 48.7 Å². The fraction of sp³-hybridized carbons (Fsp3) is 0.355. The van der Waals surface area contributed by atoms with Gasteiger partial charge in [-0.1, -0.05) is 23.2 Å². The van der Waals surface area contributed by atoms with Crippen molar-refractivity contribution in [1.82, 2.24) is 10.6 Å². The predicted molar refractivity (Wildman–Crippen MR) is 155 cm³/mol. The number of hydrogen-bond donors (Lipinski definition) is 2. The highest BCUT2D eigenvalue weighted by Crippen LogP contribution is 2.48. The first-order valence-corrected chi connectivity index (χ1v) is 14.7. The molecule has 2 aromatic carbocycles. The lowest BCUT2D eigenvalue weighted by molar-refractivity contribution is -0.671. The van der Waals surface area contributed by atoms with Gasteiger partial charge in [-0.05, 0) is 56.0 Å². The Labute approximate surface area is 285 Å². The Hall–Kier alpha value is -3.23. The normalized spacial score (nSPS) is 21.7. The van der Waals surface area contributed by atoms with E-state index in [4.69, 9.17) is 37.4 Å². The van der Waals surface area contributed by atoms with Crippen LogP contribution in [0.2, 0.25) is 10.0 Å². The summed E-state index contributed by atoms with van der Waals surface area (Å²) in [4.78, 5) is 39.2. The Bertz CT molecular complexity index is 1590. The summed E-state index contributed by atoms with van der Waals surface area (Å²) >= 11 is 11.4. The van der Waals surface area contributed by atoms with E-state index >= 15 is 0 Å². The first-order valence-electron chi connectivity index (χ1n) is 13.9. The molecule has 3 saturated carbocycles. The number of nitrogens with zero attached hydrogens (tertiary/aromatic N) is 1. The quantitative estimate of drug-likeness (QED) is 0.184. The lowest BCUT2D eigenvalue weighted by Gasteiger charge is -2.57. The van der Waals surface area contributed by atoms with E-state index in [0.717, 1.165) is 12.1 Å². The number of aromatic nitrogens is 1. The lowest BCUT2D eigenvalue weighted by atomic mass is 9.59. The van der Waals surface area contributed by atoms with E-state index in [2.05, 4.69) is 10.6 Å². The van der Waals surface area contributed by atoms with Crippen LogP contribution in [0.4, 0.5) is 8.78 Å². The van der Waals surface area contributed by atoms with E-state index < -0.39 is 53.2 Å². The maximum absolute atomic E-state index is 13.8. The monoisotopic (exact) mass is 775 g/mol. The maximum atomic E-state index is 13.8. The summed E-state index contributed by atoms with van der Waals surface area (Å²) in [6, 6.07) is 11.1. The number of halogens is 5. The topological polar surface area (TPSA) is 107 Å². The third kappa shape index (κ3) is 8.33. The van der Waals surface area contributed by atoms with E-state index in [1.165, 1.54) is 24.3 Å². The fourth-order valence-electron chi connectivity index (χ4n) is 5.77. The third-order valence-corrected chi connectivity index (χ3v) is 8.64. The van der Waals surface area contributed by atoms with Gasteiger partial charge in [-0.25, -0.2) is 18.1 Å². The molecule has 9 nitrogen and oxygen atoms in total. The zero-order valence-corrected chi connectivity index (χ0v) is 27.8. The summed E-state index contributed by atoms with van der Waals surface area (Å²) < 4.78 is 46.2. The summed E-state index contributed by atoms with van der Waals surface area (Å²) in [5.74, 6) is -2.53. The number of nitrogens with one attached hydrogen (secondary N) is 2. The largest absolute Gasteiger partial charge is 1.00 e. The summed E-state index contributed by atoms with van der Waals surface area (Å²) in [7, 11) is 1.78. The van der Waals surface area contributed by atoms with Crippen molar-refractivity contribution in [3.05, 3.63) is 88.2 Å². The molecule has 3 aliphatic rings. The number of hydrogen-bond acceptors (Lipinski definition) is 6. The molecular weight excluding hydrogens is 746 g/mol. The van der Waals surface area contributed by atoms with Crippen LogP contribution in [0.5, 0.6) is 11.5 Å². The van der Waals surface area contributed by atoms with Crippen LogP contribution in [0.15, 0.2) is 60.9 Å². The van der Waals surface area contributed by atoms with Crippen molar-refractivity contribution in [3.63, 3.8) is 0 Å². The molecular formula is C31H30Cl2F2IN3O6. The average Bonchev–Trinajstić information content (AvgIpc) is 2.99. The average molecular weight is 776 g/mol. The molecule has 2 N–H and O–H groups in total. The second kappa shape index (κ2) is 14.5. The Morgan fingerprint density at radius 2 is 1.44 bits per heavy atom. The Balaban J connectivity index is 0.00000461. The van der Waals surface area contributed by atoms with Crippen molar-refractivity contribution in [1.29, 1.82) is 0 Å². The zero-order valence-electron chi connectivity index (χ0n) is 24.1. The molecule has 1 heterocycles. The van der Waals surface area contributed by atoms with E-state index in [1.807, 2.05) is 0 Å². The summed E-state index contributed by atoms with van der Waals surface area (Å²) in [6.07, 6.45) is 4.64. The number of fused-ring (bicyclic) bond motifs is 3. The zero-order chi connectivity index (χ0) is 31.5. The number of rotatable bonds is 10. The fourth-order valence-corrected chi connectivity index (χ4v) is 6.00. The molecule has 3 fully saturated rings. The minimum absolute atomic E-state index is 0. The molecule has 1 aromatic heterocycles. The van der Waals surface area contributed by atoms with Crippen molar-refractivity contribution in [3.8, 4) is 11.5 Å². The molecule has 45 heavy (non-hydrogen) atoms. The second-order valence-electron chi connectivity index (χ2n) is 11.1. The van der Waals surface area contributed by atoms with Gasteiger partial charge in [-0.15, -0.1) is 0 Å². The van der Waals surface area contributed by atoms with Crippen molar-refractivity contribution in [2.45, 2.75) is 49.3 Å². The van der Waals surface area contributed by atoms with E-state index in [0.29, 0.717) is 31.2 Å². The number of carbonyl (C=O) groups is 3. The molecule has 3 aromatic rings. The first-order chi connectivity index (χ1) is 21.0. The van der Waals surface area contributed by atoms with Gasteiger partial charge in [0.25, 0.3) is 11.8 Å². The van der Waals surface area contributed by atoms with Crippen LogP contribution in [-0.4, -0.2) is 48.2 Å². The summed E-state index contributed by atoms with van der Waals surface area (Å²) in [6.45, 7) is -0.763. The highest BCUT2D eigenvalue weighted by Gasteiger charge is 2.57. The Morgan fingerprint density at radius 1 is 0.889 bits per heavy atom. The molecule has 0 spiro atoms. The Kier molecular flexibility index (Phi) is 11.1. The van der Waals surface area contributed by atoms with Gasteiger partial charge in [0.05, 0.1) is 15.6 Å². The van der Waals surface area contributed by atoms with Crippen LogP contribution in [-0.2, 0) is 21.4 Å². The standard InChI is InChI=1S/C31H29Cl2F2N3O6.HI/c1-38-12-2-3-19(16-38)29(41)44-26-15-30(36-27(39)17-42-20-4-6-22(32)24(34)13-20)8-10-31(26,11-9-30)37-28(40)18-43-21-5-7-23(33)25(35)14-21;/h2-7,12-14,16,26H,8-11,15,17-18H2,1H3,(H-,36,37,39,40);1H/t26-,30?,31?;/m0./s1. The second-order valence-corrected chi connectivity index (χ2v) is 11.9.